The van der Waals surface area contributed by atoms with Crippen LogP contribution in [0, 0.1) is 0 Å². The summed E-state index contributed by atoms with van der Waals surface area (Å²) in [6, 6.07) is 5.54. The van der Waals surface area contributed by atoms with Gasteiger partial charge in [-0.3, -0.25) is 0 Å². The van der Waals surface area contributed by atoms with Crippen LogP contribution < -0.4 is 88.2 Å². The number of hydrogen-bond acceptors (Lipinski definition) is 2. The molecule has 1 aromatic carbocycles. The zero-order chi connectivity index (χ0) is 7.56. The Bertz CT molecular complexity index is 268. The van der Waals surface area contributed by atoms with Crippen molar-refractivity contribution in [3.8, 4) is 5.75 Å². The molecule has 1 N–H and O–H groups in total. The molecule has 0 fully saturated rings. The third kappa shape index (κ3) is 6.33. The third-order valence-electron chi connectivity index (χ3n) is 1.12. The molecule has 0 aliphatic carbocycles. The van der Waals surface area contributed by atoms with E-state index >= 15 is 0 Å². The molecule has 0 amide bonds. The van der Waals surface area contributed by atoms with E-state index in [1.165, 1.54) is 24.3 Å². The smallest absolute Gasteiger partial charge is 1.00 e. The van der Waals surface area contributed by atoms with Crippen LogP contribution in [0.5, 0.6) is 5.75 Å². The SMILES string of the molecule is O=C(O)c1ccccc1[O-].[I-].[Na+].[Na+]. The van der Waals surface area contributed by atoms with Crippen LogP contribution >= 0.6 is 0 Å². The molecule has 0 aromatic heterocycles. The van der Waals surface area contributed by atoms with Gasteiger partial charge in [-0.05, 0) is 6.07 Å². The summed E-state index contributed by atoms with van der Waals surface area (Å²) in [6.07, 6.45) is 0. The Hall–Kier alpha value is 1.22. The van der Waals surface area contributed by atoms with Crippen molar-refractivity contribution in [3.63, 3.8) is 0 Å². The molecule has 0 atom stereocenters. The summed E-state index contributed by atoms with van der Waals surface area (Å²) >= 11 is 0. The molecule has 0 saturated heterocycles. The Balaban J connectivity index is -0.000000333. The van der Waals surface area contributed by atoms with Gasteiger partial charge in [-0.15, -0.1) is 0 Å². The van der Waals surface area contributed by atoms with Gasteiger partial charge in [-0.25, -0.2) is 4.79 Å². The van der Waals surface area contributed by atoms with Crippen LogP contribution in [0.4, 0.5) is 0 Å². The second kappa shape index (κ2) is 9.76. The van der Waals surface area contributed by atoms with Gasteiger partial charge in [0.15, 0.2) is 0 Å². The van der Waals surface area contributed by atoms with Crippen molar-refractivity contribution in [3.05, 3.63) is 29.8 Å². The van der Waals surface area contributed by atoms with Gasteiger partial charge in [-0.2, -0.15) is 0 Å². The van der Waals surface area contributed by atoms with Crippen LogP contribution in [0.15, 0.2) is 24.3 Å². The molecule has 6 heteroatoms. The first-order valence-electron chi connectivity index (χ1n) is 2.71. The van der Waals surface area contributed by atoms with E-state index in [0.717, 1.165) is 0 Å². The van der Waals surface area contributed by atoms with Crippen molar-refractivity contribution < 1.29 is 98.1 Å². The Morgan fingerprint density at radius 3 is 2.00 bits per heavy atom. The van der Waals surface area contributed by atoms with Crippen molar-refractivity contribution >= 4 is 5.97 Å². The van der Waals surface area contributed by atoms with Gasteiger partial charge < -0.3 is 34.2 Å². The second-order valence-electron chi connectivity index (χ2n) is 1.80. The van der Waals surface area contributed by atoms with Gasteiger partial charge in [0.2, 0.25) is 0 Å². The van der Waals surface area contributed by atoms with Crippen LogP contribution in [0.2, 0.25) is 0 Å². The predicted octanol–water partition coefficient (Wildman–Crippen LogP) is -8.53. The molecular formula is C7H5INa2O3. The average Bonchev–Trinajstić information content (AvgIpc) is 1.88. The van der Waals surface area contributed by atoms with Crippen molar-refractivity contribution in [2.75, 3.05) is 0 Å². The van der Waals surface area contributed by atoms with Gasteiger partial charge in [0.1, 0.15) is 0 Å². The normalized spacial score (nSPS) is 7.08. The largest absolute Gasteiger partial charge is 1.00 e. The molecule has 13 heavy (non-hydrogen) atoms. The summed E-state index contributed by atoms with van der Waals surface area (Å²) in [5, 5.41) is 19.0. The van der Waals surface area contributed by atoms with E-state index in [1.54, 1.807) is 0 Å². The van der Waals surface area contributed by atoms with E-state index in [2.05, 4.69) is 0 Å². The zero-order valence-corrected chi connectivity index (χ0v) is 13.6. The van der Waals surface area contributed by atoms with Gasteiger partial charge >= 0.3 is 65.1 Å². The second-order valence-corrected chi connectivity index (χ2v) is 1.80. The molecule has 1 rings (SSSR count). The summed E-state index contributed by atoms with van der Waals surface area (Å²) in [6.45, 7) is 0. The molecule has 1 aromatic rings. The molecule has 0 heterocycles. The first-order valence-corrected chi connectivity index (χ1v) is 2.71. The number of carboxylic acids is 1. The maximum absolute atomic E-state index is 10.7. The number of rotatable bonds is 1. The number of aromatic carboxylic acids is 1. The van der Waals surface area contributed by atoms with Gasteiger partial charge in [0.05, 0.1) is 5.56 Å². The monoisotopic (exact) mass is 310 g/mol. The summed E-state index contributed by atoms with van der Waals surface area (Å²) in [5.41, 5.74) is -0.178. The molecule has 0 spiro atoms. The minimum absolute atomic E-state index is 0. The summed E-state index contributed by atoms with van der Waals surface area (Å²) < 4.78 is 0. The van der Waals surface area contributed by atoms with Gasteiger partial charge in [0, 0.05) is 0 Å². The molecule has 3 nitrogen and oxygen atoms in total. The Kier molecular flexibility index (Phi) is 14.8. The van der Waals surface area contributed by atoms with Crippen LogP contribution in [-0.4, -0.2) is 11.1 Å². The van der Waals surface area contributed by atoms with Crippen LogP contribution in [0.3, 0.4) is 0 Å². The molecule has 0 aliphatic rings. The first kappa shape index (κ1) is 19.7. The van der Waals surface area contributed by atoms with Crippen LogP contribution in [0.1, 0.15) is 10.4 Å². The molecule has 0 unspecified atom stereocenters. The topological polar surface area (TPSA) is 60.4 Å². The number of halogens is 1. The van der Waals surface area contributed by atoms with Gasteiger partial charge in [0.25, 0.3) is 0 Å². The minimum atomic E-state index is -1.18. The quantitative estimate of drug-likeness (QED) is 0.414. The summed E-state index contributed by atoms with van der Waals surface area (Å²) in [4.78, 5) is 10.2. The molecule has 0 bridgehead atoms. The fraction of sp³-hybridized carbons (Fsp3) is 0. The van der Waals surface area contributed by atoms with E-state index in [0.29, 0.717) is 0 Å². The number of benzene rings is 1. The van der Waals surface area contributed by atoms with E-state index in [1.807, 2.05) is 0 Å². The molecule has 0 aliphatic heterocycles. The van der Waals surface area contributed by atoms with Crippen LogP contribution in [-0.2, 0) is 0 Å². The Labute approximate surface area is 138 Å². The first-order chi connectivity index (χ1) is 4.72. The fourth-order valence-corrected chi connectivity index (χ4v) is 0.643. The summed E-state index contributed by atoms with van der Waals surface area (Å²) in [7, 11) is 0. The van der Waals surface area contributed by atoms with E-state index in [4.69, 9.17) is 5.11 Å². The standard InChI is InChI=1S/C7H6O3.HI.2Na/c8-6-4-2-1-3-5(6)7(9)10;;;/h1-4,8H,(H,9,10);1H;;/q;;2*+1/p-2. The molecule has 0 saturated carbocycles. The molecular weight excluding hydrogens is 305 g/mol. The van der Waals surface area contributed by atoms with Crippen molar-refractivity contribution in [1.29, 1.82) is 0 Å². The number of hydrogen-bond donors (Lipinski definition) is 1. The van der Waals surface area contributed by atoms with Crippen molar-refractivity contribution in [2.24, 2.45) is 0 Å². The predicted molar refractivity (Wildman–Crippen MR) is 32.8 cm³/mol. The molecule has 60 valence electrons. The number of carboxylic acid groups (broad SMARTS) is 1. The van der Waals surface area contributed by atoms with Crippen LogP contribution in [0.25, 0.3) is 0 Å². The summed E-state index contributed by atoms with van der Waals surface area (Å²) in [5.74, 6) is -1.62. The van der Waals surface area contributed by atoms with Gasteiger partial charge in [-0.1, -0.05) is 23.9 Å². The number of carbonyl (C=O) groups is 1. The molecule has 0 radical (unpaired) electrons. The maximum Gasteiger partial charge on any atom is 1.00 e. The minimum Gasteiger partial charge on any atom is -1.00 e. The zero-order valence-electron chi connectivity index (χ0n) is 7.45. The maximum atomic E-state index is 10.7. The third-order valence-corrected chi connectivity index (χ3v) is 1.12. The van der Waals surface area contributed by atoms with E-state index in [-0.39, 0.29) is 88.7 Å². The van der Waals surface area contributed by atoms with E-state index in [9.17, 15) is 9.90 Å². The Morgan fingerprint density at radius 1 is 1.23 bits per heavy atom. The fourth-order valence-electron chi connectivity index (χ4n) is 0.643. The average molecular weight is 310 g/mol. The number of para-hydroxylation sites is 1. The van der Waals surface area contributed by atoms with E-state index < -0.39 is 11.7 Å². The van der Waals surface area contributed by atoms with Crippen molar-refractivity contribution in [2.45, 2.75) is 0 Å². The van der Waals surface area contributed by atoms with Crippen molar-refractivity contribution in [1.82, 2.24) is 0 Å². The Morgan fingerprint density at radius 2 is 1.69 bits per heavy atom.